The van der Waals surface area contributed by atoms with E-state index in [-0.39, 0.29) is 38.6 Å². The average Bonchev–Trinajstić information content (AvgIpc) is 3.31. The van der Waals surface area contributed by atoms with Crippen molar-refractivity contribution in [2.45, 2.75) is 270 Å². The molecule has 0 aliphatic heterocycles. The maximum atomic E-state index is 12.8. The zero-order valence-electron chi connectivity index (χ0n) is 45.7. The van der Waals surface area contributed by atoms with Gasteiger partial charge in [-0.05, 0) is 70.6 Å². The van der Waals surface area contributed by atoms with E-state index in [1.165, 1.54) is 167 Å². The van der Waals surface area contributed by atoms with Gasteiger partial charge >= 0.3 is 11.9 Å². The van der Waals surface area contributed by atoms with Crippen LogP contribution in [0.2, 0.25) is 0 Å². The Bertz CT molecular complexity index is 1270. The van der Waals surface area contributed by atoms with E-state index in [4.69, 9.17) is 18.9 Å². The monoisotopic (exact) mass is 972 g/mol. The van der Waals surface area contributed by atoms with Crippen LogP contribution in [-0.4, -0.2) is 82.3 Å². The summed E-state index contributed by atoms with van der Waals surface area (Å²) in [7, 11) is 5.91. The number of allylic oxidation sites excluding steroid dienone is 8. The van der Waals surface area contributed by atoms with Crippen LogP contribution >= 0.6 is 0 Å². The van der Waals surface area contributed by atoms with Crippen LogP contribution in [0.25, 0.3) is 0 Å². The molecule has 0 aliphatic rings. The molecule has 0 rings (SSSR count). The molecule has 2 atom stereocenters. The van der Waals surface area contributed by atoms with E-state index >= 15 is 0 Å². The Balaban J connectivity index is 4.07. The molecule has 0 spiro atoms. The molecule has 9 nitrogen and oxygen atoms in total. The van der Waals surface area contributed by atoms with E-state index in [2.05, 4.69) is 62.5 Å². The van der Waals surface area contributed by atoms with E-state index in [1.54, 1.807) is 0 Å². The predicted molar refractivity (Wildman–Crippen MR) is 288 cm³/mol. The molecule has 0 aromatic heterocycles. The van der Waals surface area contributed by atoms with Gasteiger partial charge in [0.25, 0.3) is 0 Å². The molecule has 0 aromatic rings. The molecule has 0 fully saturated rings. The summed E-state index contributed by atoms with van der Waals surface area (Å²) in [5.74, 6) is -2.32. The van der Waals surface area contributed by atoms with Gasteiger partial charge in [-0.3, -0.25) is 9.59 Å². The van der Waals surface area contributed by atoms with Gasteiger partial charge in [0.15, 0.2) is 12.4 Å². The summed E-state index contributed by atoms with van der Waals surface area (Å²) >= 11 is 0. The summed E-state index contributed by atoms with van der Waals surface area (Å²) in [6.45, 7) is 4.61. The zero-order chi connectivity index (χ0) is 50.6. The highest BCUT2D eigenvalue weighted by Gasteiger charge is 2.22. The topological polar surface area (TPSA) is 111 Å². The lowest BCUT2D eigenvalue weighted by atomic mass is 10.0. The number of nitrogens with zero attached hydrogens (tertiary/aromatic N) is 1. The number of hydrogen-bond acceptors (Lipinski definition) is 8. The van der Waals surface area contributed by atoms with Gasteiger partial charge in [0, 0.05) is 12.8 Å². The van der Waals surface area contributed by atoms with Gasteiger partial charge < -0.3 is 33.3 Å². The van der Waals surface area contributed by atoms with Gasteiger partial charge in [0.1, 0.15) is 13.2 Å². The van der Waals surface area contributed by atoms with Crippen molar-refractivity contribution in [3.63, 3.8) is 0 Å². The number of likely N-dealkylation sites (N-methyl/N-ethyl adjacent to an activating group) is 1. The molecule has 0 aromatic carbocycles. The second kappa shape index (κ2) is 51.6. The molecule has 0 saturated carbocycles. The molecule has 0 aliphatic carbocycles. The number of rotatable bonds is 53. The number of ether oxygens (including phenoxy) is 4. The lowest BCUT2D eigenvalue weighted by Gasteiger charge is -2.26. The Morgan fingerprint density at radius 2 is 0.826 bits per heavy atom. The van der Waals surface area contributed by atoms with Gasteiger partial charge in [-0.1, -0.05) is 223 Å². The molecule has 0 bridgehead atoms. The number of aliphatic carboxylic acids is 1. The molecule has 402 valence electrons. The van der Waals surface area contributed by atoms with E-state index in [0.717, 1.165) is 57.8 Å². The Morgan fingerprint density at radius 1 is 0.449 bits per heavy atom. The summed E-state index contributed by atoms with van der Waals surface area (Å²) < 4.78 is 22.6. The molecule has 9 heteroatoms. The molecule has 0 heterocycles. The minimum absolute atomic E-state index is 0.142. The first-order chi connectivity index (χ1) is 33.6. The van der Waals surface area contributed by atoms with E-state index in [1.807, 2.05) is 21.1 Å². The fourth-order valence-electron chi connectivity index (χ4n) is 8.13. The summed E-state index contributed by atoms with van der Waals surface area (Å²) in [4.78, 5) is 37.1. The average molecular weight is 973 g/mol. The normalized spacial score (nSPS) is 13.1. The molecule has 0 amide bonds. The first-order valence-electron chi connectivity index (χ1n) is 28.8. The van der Waals surface area contributed by atoms with Crippen LogP contribution in [-0.2, 0) is 33.3 Å². The van der Waals surface area contributed by atoms with E-state index in [9.17, 15) is 19.5 Å². The Labute approximate surface area is 425 Å². The molecule has 0 saturated heterocycles. The third-order valence-corrected chi connectivity index (χ3v) is 12.6. The van der Waals surface area contributed by atoms with Crippen LogP contribution in [0.15, 0.2) is 48.6 Å². The number of esters is 2. The van der Waals surface area contributed by atoms with E-state index < -0.39 is 24.3 Å². The van der Waals surface area contributed by atoms with Gasteiger partial charge in [0.2, 0.25) is 0 Å². The highest BCUT2D eigenvalue weighted by atomic mass is 16.7. The molecular formula is C60H109NO8. The summed E-state index contributed by atoms with van der Waals surface area (Å²) in [5.41, 5.74) is 0. The number of carbonyl (C=O) groups excluding carboxylic acids is 3. The van der Waals surface area contributed by atoms with Gasteiger partial charge in [0.05, 0.1) is 40.3 Å². The molecular weight excluding hydrogens is 863 g/mol. The van der Waals surface area contributed by atoms with Crippen molar-refractivity contribution in [2.24, 2.45) is 0 Å². The second-order valence-corrected chi connectivity index (χ2v) is 20.5. The van der Waals surface area contributed by atoms with Gasteiger partial charge in [-0.2, -0.15) is 0 Å². The fraction of sp³-hybridized carbons (Fsp3) is 0.817. The fourth-order valence-corrected chi connectivity index (χ4v) is 8.13. The quantitative estimate of drug-likeness (QED) is 0.0195. The lowest BCUT2D eigenvalue weighted by molar-refractivity contribution is -0.870. The van der Waals surface area contributed by atoms with Crippen molar-refractivity contribution in [3.05, 3.63) is 48.6 Å². The largest absolute Gasteiger partial charge is 0.545 e. The highest BCUT2D eigenvalue weighted by molar-refractivity contribution is 5.70. The number of quaternary nitrogens is 1. The van der Waals surface area contributed by atoms with Crippen molar-refractivity contribution in [3.8, 4) is 0 Å². The minimum Gasteiger partial charge on any atom is -0.545 e. The minimum atomic E-state index is -1.63. The zero-order valence-corrected chi connectivity index (χ0v) is 45.7. The maximum absolute atomic E-state index is 12.8. The summed E-state index contributed by atoms with van der Waals surface area (Å²) in [6.07, 6.45) is 60.5. The Kier molecular flexibility index (Phi) is 49.5. The summed E-state index contributed by atoms with van der Waals surface area (Å²) in [6, 6.07) is 0. The van der Waals surface area contributed by atoms with Crippen molar-refractivity contribution >= 4 is 17.9 Å². The van der Waals surface area contributed by atoms with Crippen LogP contribution in [0.1, 0.15) is 258 Å². The first kappa shape index (κ1) is 66.2. The molecule has 0 radical (unpaired) electrons. The van der Waals surface area contributed by atoms with Gasteiger partial charge in [-0.15, -0.1) is 0 Å². The lowest BCUT2D eigenvalue weighted by Crippen LogP contribution is -2.44. The SMILES string of the molecule is CC/C=C\C/C=C\C/C=C\CCCCCC(=O)OC(COC(=O)CCCCCCCCCCCCCCCCCCCCC/C=C\CCCCCCCCCC)COC(OCC[N+](C)(C)C)C(=O)[O-]. The highest BCUT2D eigenvalue weighted by Crippen LogP contribution is 2.17. The predicted octanol–water partition coefficient (Wildman–Crippen LogP) is 15.3. The van der Waals surface area contributed by atoms with Crippen LogP contribution in [0, 0.1) is 0 Å². The van der Waals surface area contributed by atoms with Crippen LogP contribution in [0.3, 0.4) is 0 Å². The van der Waals surface area contributed by atoms with Crippen molar-refractivity contribution in [2.75, 3.05) is 47.5 Å². The number of carboxylic acids is 1. The summed E-state index contributed by atoms with van der Waals surface area (Å²) in [5, 5.41) is 11.7. The third kappa shape index (κ3) is 52.9. The van der Waals surface area contributed by atoms with Gasteiger partial charge in [-0.25, -0.2) is 0 Å². The maximum Gasteiger partial charge on any atom is 0.306 e. The molecule has 0 N–H and O–H groups in total. The van der Waals surface area contributed by atoms with Crippen molar-refractivity contribution < 1.29 is 42.9 Å². The Morgan fingerprint density at radius 3 is 1.26 bits per heavy atom. The number of unbranched alkanes of at least 4 members (excludes halogenated alkanes) is 30. The van der Waals surface area contributed by atoms with Crippen molar-refractivity contribution in [1.29, 1.82) is 0 Å². The first-order valence-corrected chi connectivity index (χ1v) is 28.8. The molecule has 2 unspecified atom stereocenters. The van der Waals surface area contributed by atoms with E-state index in [0.29, 0.717) is 17.4 Å². The second-order valence-electron chi connectivity index (χ2n) is 20.5. The smallest absolute Gasteiger partial charge is 0.306 e. The van der Waals surface area contributed by atoms with Crippen LogP contribution in [0.4, 0.5) is 0 Å². The number of hydrogen-bond donors (Lipinski definition) is 0. The molecule has 69 heavy (non-hydrogen) atoms. The van der Waals surface area contributed by atoms with Crippen LogP contribution < -0.4 is 5.11 Å². The van der Waals surface area contributed by atoms with Crippen LogP contribution in [0.5, 0.6) is 0 Å². The number of carbonyl (C=O) groups is 3. The van der Waals surface area contributed by atoms with Crippen molar-refractivity contribution in [1.82, 2.24) is 0 Å². The third-order valence-electron chi connectivity index (χ3n) is 12.6. The Hall–Kier alpha value is -2.75. The standard InChI is InChI=1S/C60H109NO8/c1-6-8-10-12-14-16-18-20-21-22-23-24-25-26-27-28-29-30-31-32-33-34-35-36-37-39-40-42-44-46-48-50-57(62)67-54-56(55-68-60(59(64)65)66-53-52-61(3,4)5)69-58(63)51-49-47-45-43-41-38-19-17-15-13-11-9-7-2/h9,11,15,17,22-23,38,41,56,60H,6-8,10,12-14,16,18-21,24-37,39-40,42-55H2,1-5H3/b11-9-,17-15-,23-22-,41-38-. The number of carboxylic acid groups (broad SMARTS) is 1.